The fourth-order valence-electron chi connectivity index (χ4n) is 1.69. The van der Waals surface area contributed by atoms with Crippen LogP contribution < -0.4 is 10.9 Å². The molecule has 0 saturated heterocycles. The van der Waals surface area contributed by atoms with Gasteiger partial charge in [0.05, 0.1) is 12.6 Å². The van der Waals surface area contributed by atoms with Crippen LogP contribution in [0.1, 0.15) is 33.7 Å². The van der Waals surface area contributed by atoms with Crippen molar-refractivity contribution in [2.75, 3.05) is 19.0 Å². The molecule has 0 saturated carbocycles. The molecule has 1 aromatic rings. The molecule has 0 fully saturated rings. The molecule has 5 heteroatoms. The minimum atomic E-state index is -0.0887. The van der Waals surface area contributed by atoms with E-state index in [0.717, 1.165) is 0 Å². The first-order valence-corrected chi connectivity index (χ1v) is 6.30. The smallest absolute Gasteiger partial charge is 0.293 e. The molecule has 1 unspecified atom stereocenters. The highest BCUT2D eigenvalue weighted by Crippen LogP contribution is 2.08. The molecule has 1 aromatic heterocycles. The first kappa shape index (κ1) is 14.7. The Kier molecular flexibility index (Phi) is 5.34. The van der Waals surface area contributed by atoms with E-state index < -0.39 is 0 Å². The lowest BCUT2D eigenvalue weighted by molar-refractivity contribution is 0.171. The van der Waals surface area contributed by atoms with E-state index in [1.165, 1.54) is 0 Å². The molecule has 0 aliphatic heterocycles. The summed E-state index contributed by atoms with van der Waals surface area (Å²) < 4.78 is 6.82. The third-order valence-electron chi connectivity index (χ3n) is 2.90. The summed E-state index contributed by atoms with van der Waals surface area (Å²) in [5, 5.41) is 3.17. The Balaban J connectivity index is 2.96. The first-order valence-electron chi connectivity index (χ1n) is 6.30. The largest absolute Gasteiger partial charge is 0.383 e. The molecule has 0 spiro atoms. The second-order valence-corrected chi connectivity index (χ2v) is 5.03. The normalized spacial score (nSPS) is 13.1. The van der Waals surface area contributed by atoms with E-state index in [4.69, 9.17) is 4.74 Å². The lowest BCUT2D eigenvalue weighted by Gasteiger charge is -2.22. The number of ether oxygens (including phenoxy) is 1. The van der Waals surface area contributed by atoms with Crippen molar-refractivity contribution in [3.8, 4) is 0 Å². The van der Waals surface area contributed by atoms with Gasteiger partial charge in [0, 0.05) is 25.5 Å². The number of hydrogen-bond donors (Lipinski definition) is 1. The van der Waals surface area contributed by atoms with Gasteiger partial charge in [0.25, 0.3) is 5.56 Å². The number of aromatic nitrogens is 2. The van der Waals surface area contributed by atoms with Gasteiger partial charge in [0.1, 0.15) is 0 Å². The molecule has 0 amide bonds. The number of methoxy groups -OCH3 is 1. The van der Waals surface area contributed by atoms with Crippen LogP contribution in [-0.2, 0) is 4.74 Å². The molecule has 1 N–H and O–H groups in total. The number of rotatable bonds is 6. The van der Waals surface area contributed by atoms with Crippen molar-refractivity contribution >= 4 is 5.82 Å². The molecule has 0 aromatic carbocycles. The average Bonchev–Trinajstić information content (AvgIpc) is 2.30. The van der Waals surface area contributed by atoms with Gasteiger partial charge in [0.2, 0.25) is 0 Å². The van der Waals surface area contributed by atoms with Gasteiger partial charge in [-0.1, -0.05) is 13.8 Å². The summed E-state index contributed by atoms with van der Waals surface area (Å²) in [6.07, 6.45) is 3.35. The minimum Gasteiger partial charge on any atom is -0.383 e. The second kappa shape index (κ2) is 6.54. The van der Waals surface area contributed by atoms with Crippen molar-refractivity contribution in [3.05, 3.63) is 22.7 Å². The SMILES string of the molecule is COCC(Nc1nccn(C(C)C)c1=O)C(C)C. The van der Waals surface area contributed by atoms with Crippen molar-refractivity contribution in [1.82, 2.24) is 9.55 Å². The van der Waals surface area contributed by atoms with Gasteiger partial charge in [-0.3, -0.25) is 4.79 Å². The third kappa shape index (κ3) is 3.57. The van der Waals surface area contributed by atoms with Crippen LogP contribution in [0, 0.1) is 5.92 Å². The maximum Gasteiger partial charge on any atom is 0.293 e. The van der Waals surface area contributed by atoms with Crippen LogP contribution >= 0.6 is 0 Å². The molecule has 5 nitrogen and oxygen atoms in total. The molecule has 1 heterocycles. The fourth-order valence-corrected chi connectivity index (χ4v) is 1.69. The van der Waals surface area contributed by atoms with Gasteiger partial charge >= 0.3 is 0 Å². The molecular weight excluding hydrogens is 230 g/mol. The second-order valence-electron chi connectivity index (χ2n) is 5.03. The first-order chi connectivity index (χ1) is 8.47. The quantitative estimate of drug-likeness (QED) is 0.841. The Hall–Kier alpha value is -1.36. The Bertz CT molecular complexity index is 426. The van der Waals surface area contributed by atoms with Crippen LogP contribution in [0.25, 0.3) is 0 Å². The standard InChI is InChI=1S/C13H23N3O2/c1-9(2)11(8-18-5)15-12-13(17)16(10(3)4)7-6-14-12/h6-7,9-11H,8H2,1-5H3,(H,14,15). The van der Waals surface area contributed by atoms with Crippen LogP contribution in [-0.4, -0.2) is 29.3 Å². The Morgan fingerprint density at radius 1 is 1.39 bits per heavy atom. The molecule has 102 valence electrons. The van der Waals surface area contributed by atoms with E-state index in [0.29, 0.717) is 18.3 Å². The summed E-state index contributed by atoms with van der Waals surface area (Å²) in [7, 11) is 1.65. The minimum absolute atomic E-state index is 0.0817. The maximum atomic E-state index is 12.2. The molecule has 18 heavy (non-hydrogen) atoms. The van der Waals surface area contributed by atoms with Gasteiger partial charge in [-0.25, -0.2) is 4.98 Å². The number of nitrogens with zero attached hydrogens (tertiary/aromatic N) is 2. The van der Waals surface area contributed by atoms with Crippen molar-refractivity contribution in [2.45, 2.75) is 39.8 Å². The van der Waals surface area contributed by atoms with E-state index in [-0.39, 0.29) is 17.6 Å². The average molecular weight is 253 g/mol. The van der Waals surface area contributed by atoms with E-state index in [1.807, 2.05) is 13.8 Å². The Labute approximate surface area is 108 Å². The summed E-state index contributed by atoms with van der Waals surface area (Å²) >= 11 is 0. The molecule has 0 aliphatic carbocycles. The van der Waals surface area contributed by atoms with Gasteiger partial charge < -0.3 is 14.6 Å². The van der Waals surface area contributed by atoms with Crippen molar-refractivity contribution < 1.29 is 4.74 Å². The summed E-state index contributed by atoms with van der Waals surface area (Å²) in [5.41, 5.74) is -0.0887. The molecule has 1 rings (SSSR count). The van der Waals surface area contributed by atoms with Crippen LogP contribution in [0.5, 0.6) is 0 Å². The highest BCUT2D eigenvalue weighted by Gasteiger charge is 2.16. The van der Waals surface area contributed by atoms with Gasteiger partial charge in [-0.2, -0.15) is 0 Å². The van der Waals surface area contributed by atoms with Crippen LogP contribution in [0.3, 0.4) is 0 Å². The lowest BCUT2D eigenvalue weighted by Crippen LogP contribution is -2.35. The molecule has 0 bridgehead atoms. The zero-order chi connectivity index (χ0) is 13.7. The highest BCUT2D eigenvalue weighted by molar-refractivity contribution is 5.32. The van der Waals surface area contributed by atoms with Crippen molar-refractivity contribution in [1.29, 1.82) is 0 Å². The summed E-state index contributed by atoms with van der Waals surface area (Å²) in [4.78, 5) is 16.3. The topological polar surface area (TPSA) is 56.1 Å². The van der Waals surface area contributed by atoms with Gasteiger partial charge in [-0.15, -0.1) is 0 Å². The predicted molar refractivity (Wildman–Crippen MR) is 73.0 cm³/mol. The van der Waals surface area contributed by atoms with Crippen LogP contribution in [0.4, 0.5) is 5.82 Å². The van der Waals surface area contributed by atoms with E-state index >= 15 is 0 Å². The van der Waals surface area contributed by atoms with Gasteiger partial charge in [0.15, 0.2) is 5.82 Å². The van der Waals surface area contributed by atoms with Gasteiger partial charge in [-0.05, 0) is 19.8 Å². The monoisotopic (exact) mass is 253 g/mol. The van der Waals surface area contributed by atoms with E-state index in [2.05, 4.69) is 24.1 Å². The third-order valence-corrected chi connectivity index (χ3v) is 2.90. The van der Waals surface area contributed by atoms with Crippen LogP contribution in [0.2, 0.25) is 0 Å². The predicted octanol–water partition coefficient (Wildman–Crippen LogP) is 1.91. The summed E-state index contributed by atoms with van der Waals surface area (Å²) in [6, 6.07) is 0.208. The zero-order valence-corrected chi connectivity index (χ0v) is 11.8. The molecule has 0 aliphatic rings. The summed E-state index contributed by atoms with van der Waals surface area (Å²) in [5.74, 6) is 0.751. The Morgan fingerprint density at radius 2 is 2.06 bits per heavy atom. The summed E-state index contributed by atoms with van der Waals surface area (Å²) in [6.45, 7) is 8.66. The number of hydrogen-bond acceptors (Lipinski definition) is 4. The van der Waals surface area contributed by atoms with Crippen molar-refractivity contribution in [2.24, 2.45) is 5.92 Å². The Morgan fingerprint density at radius 3 is 2.56 bits per heavy atom. The fraction of sp³-hybridized carbons (Fsp3) is 0.692. The van der Waals surface area contributed by atoms with E-state index in [9.17, 15) is 4.79 Å². The molecule has 1 atom stereocenters. The highest BCUT2D eigenvalue weighted by atomic mass is 16.5. The lowest BCUT2D eigenvalue weighted by atomic mass is 10.1. The number of nitrogens with one attached hydrogen (secondary N) is 1. The molecule has 0 radical (unpaired) electrons. The molecular formula is C13H23N3O2. The van der Waals surface area contributed by atoms with Crippen LogP contribution in [0.15, 0.2) is 17.2 Å². The zero-order valence-electron chi connectivity index (χ0n) is 11.8. The van der Waals surface area contributed by atoms with Crippen molar-refractivity contribution in [3.63, 3.8) is 0 Å². The van der Waals surface area contributed by atoms with E-state index in [1.54, 1.807) is 24.1 Å². The number of anilines is 1. The maximum absolute atomic E-state index is 12.2.